The molecule has 0 saturated carbocycles. The van der Waals surface area contributed by atoms with Gasteiger partial charge in [0, 0.05) is 5.56 Å². The average molecular weight is 170 g/mol. The largest absolute Gasteiger partial charge is 0.390 e. The Labute approximate surface area is 70.3 Å². The van der Waals surface area contributed by atoms with Gasteiger partial charge in [0.1, 0.15) is 11.9 Å². The minimum Gasteiger partial charge on any atom is -0.390 e. The van der Waals surface area contributed by atoms with Crippen LogP contribution in [0, 0.1) is 5.82 Å². The molecule has 12 heavy (non-hydrogen) atoms. The van der Waals surface area contributed by atoms with E-state index in [4.69, 9.17) is 5.11 Å². The molecule has 0 fully saturated rings. The summed E-state index contributed by atoms with van der Waals surface area (Å²) in [5.41, 5.74) is 0.132. The molecule has 0 aromatic heterocycles. The van der Waals surface area contributed by atoms with Crippen molar-refractivity contribution < 1.29 is 14.6 Å². The van der Waals surface area contributed by atoms with Crippen molar-refractivity contribution in [1.29, 1.82) is 0 Å². The highest BCUT2D eigenvalue weighted by atomic mass is 19.1. The van der Waals surface area contributed by atoms with Crippen LogP contribution in [-0.2, 0) is 0 Å². The van der Waals surface area contributed by atoms with Crippen LogP contribution in [0.5, 0.6) is 0 Å². The maximum absolute atomic E-state index is 12.9. The summed E-state index contributed by atoms with van der Waals surface area (Å²) in [5, 5.41) is 18.3. The molecule has 2 nitrogen and oxygen atoms in total. The molecule has 0 aliphatic heterocycles. The normalized spacial score (nSPS) is 15.7. The van der Waals surface area contributed by atoms with E-state index in [0.717, 1.165) is 0 Å². The Bertz CT molecular complexity index is 260. The van der Waals surface area contributed by atoms with Gasteiger partial charge in [0.15, 0.2) is 0 Å². The highest BCUT2D eigenvalue weighted by molar-refractivity contribution is 5.20. The van der Waals surface area contributed by atoms with Crippen LogP contribution < -0.4 is 0 Å². The second-order valence-electron chi connectivity index (χ2n) is 2.71. The molecule has 0 spiro atoms. The van der Waals surface area contributed by atoms with Gasteiger partial charge in [-0.05, 0) is 13.0 Å². The van der Waals surface area contributed by atoms with Gasteiger partial charge in [0.2, 0.25) is 0 Å². The minimum absolute atomic E-state index is 0.132. The van der Waals surface area contributed by atoms with Gasteiger partial charge in [-0.15, -0.1) is 0 Å². The molecule has 0 unspecified atom stereocenters. The first-order valence-corrected chi connectivity index (χ1v) is 3.73. The Hall–Kier alpha value is -0.930. The summed E-state index contributed by atoms with van der Waals surface area (Å²) >= 11 is 0. The molecule has 0 aliphatic rings. The van der Waals surface area contributed by atoms with Crippen LogP contribution >= 0.6 is 0 Å². The maximum Gasteiger partial charge on any atom is 0.129 e. The summed E-state index contributed by atoms with van der Waals surface area (Å²) in [7, 11) is 0. The number of benzene rings is 1. The fourth-order valence-corrected chi connectivity index (χ4v) is 0.975. The summed E-state index contributed by atoms with van der Waals surface area (Å²) in [6.45, 7) is 1.41. The lowest BCUT2D eigenvalue weighted by Crippen LogP contribution is -2.14. The van der Waals surface area contributed by atoms with Crippen molar-refractivity contribution in [2.45, 2.75) is 19.1 Å². The third kappa shape index (κ3) is 1.81. The predicted octanol–water partition coefficient (Wildman–Crippen LogP) is 1.24. The van der Waals surface area contributed by atoms with Crippen LogP contribution in [0.15, 0.2) is 24.3 Å². The molecule has 0 saturated heterocycles. The molecular weight excluding hydrogens is 159 g/mol. The van der Waals surface area contributed by atoms with Crippen molar-refractivity contribution in [3.63, 3.8) is 0 Å². The van der Waals surface area contributed by atoms with Gasteiger partial charge in [0.05, 0.1) is 6.10 Å². The Morgan fingerprint density at radius 2 is 1.83 bits per heavy atom. The molecule has 2 atom stereocenters. The molecule has 2 N–H and O–H groups in total. The Kier molecular flexibility index (Phi) is 2.78. The Morgan fingerprint density at radius 3 is 2.33 bits per heavy atom. The zero-order valence-corrected chi connectivity index (χ0v) is 6.74. The van der Waals surface area contributed by atoms with Crippen molar-refractivity contribution in [2.75, 3.05) is 0 Å². The molecule has 1 rings (SSSR count). The lowest BCUT2D eigenvalue weighted by molar-refractivity contribution is 0.0283. The highest BCUT2D eigenvalue weighted by Gasteiger charge is 2.16. The number of halogens is 1. The van der Waals surface area contributed by atoms with Crippen molar-refractivity contribution in [3.05, 3.63) is 35.6 Å². The summed E-state index contributed by atoms with van der Waals surface area (Å²) in [4.78, 5) is 0. The zero-order valence-electron chi connectivity index (χ0n) is 6.74. The molecule has 0 radical (unpaired) electrons. The van der Waals surface area contributed by atoms with Crippen LogP contribution in [0.1, 0.15) is 18.6 Å². The quantitative estimate of drug-likeness (QED) is 0.701. The summed E-state index contributed by atoms with van der Waals surface area (Å²) in [6.07, 6.45) is -2.10. The lowest BCUT2D eigenvalue weighted by atomic mass is 10.1. The molecule has 0 aliphatic carbocycles. The predicted molar refractivity (Wildman–Crippen MR) is 43.0 cm³/mol. The first-order valence-electron chi connectivity index (χ1n) is 3.73. The standard InChI is InChI=1S/C9H11FO2/c1-6(11)9(12)7-4-2-3-5-8(7)10/h2-6,9,11-12H,1H3/t6-,9-/m0/s1. The van der Waals surface area contributed by atoms with Gasteiger partial charge in [-0.25, -0.2) is 4.39 Å². The van der Waals surface area contributed by atoms with Crippen LogP contribution in [0.2, 0.25) is 0 Å². The van der Waals surface area contributed by atoms with E-state index in [-0.39, 0.29) is 5.56 Å². The van der Waals surface area contributed by atoms with Crippen molar-refractivity contribution in [2.24, 2.45) is 0 Å². The maximum atomic E-state index is 12.9. The fourth-order valence-electron chi connectivity index (χ4n) is 0.975. The topological polar surface area (TPSA) is 40.5 Å². The molecule has 1 aromatic carbocycles. The van der Waals surface area contributed by atoms with E-state index in [1.807, 2.05) is 0 Å². The highest BCUT2D eigenvalue weighted by Crippen LogP contribution is 2.19. The van der Waals surface area contributed by atoms with E-state index in [1.54, 1.807) is 6.07 Å². The van der Waals surface area contributed by atoms with E-state index in [9.17, 15) is 9.50 Å². The number of hydrogen-bond acceptors (Lipinski definition) is 2. The molecule has 0 heterocycles. The van der Waals surface area contributed by atoms with E-state index in [1.165, 1.54) is 25.1 Å². The Balaban J connectivity index is 2.94. The molecule has 0 bridgehead atoms. The van der Waals surface area contributed by atoms with Crippen molar-refractivity contribution in [1.82, 2.24) is 0 Å². The van der Waals surface area contributed by atoms with E-state index >= 15 is 0 Å². The molecule has 66 valence electrons. The van der Waals surface area contributed by atoms with Gasteiger partial charge < -0.3 is 10.2 Å². The number of rotatable bonds is 2. The summed E-state index contributed by atoms with van der Waals surface area (Å²) in [6, 6.07) is 5.85. The second kappa shape index (κ2) is 3.65. The first-order chi connectivity index (χ1) is 5.63. The molecule has 0 amide bonds. The number of aliphatic hydroxyl groups is 2. The van der Waals surface area contributed by atoms with Crippen molar-refractivity contribution >= 4 is 0 Å². The minimum atomic E-state index is -1.15. The van der Waals surface area contributed by atoms with Gasteiger partial charge >= 0.3 is 0 Å². The third-order valence-corrected chi connectivity index (χ3v) is 1.68. The van der Waals surface area contributed by atoms with Crippen LogP contribution in [0.3, 0.4) is 0 Å². The second-order valence-corrected chi connectivity index (χ2v) is 2.71. The van der Waals surface area contributed by atoms with Gasteiger partial charge in [-0.1, -0.05) is 18.2 Å². The van der Waals surface area contributed by atoms with Crippen LogP contribution in [0.4, 0.5) is 4.39 Å². The van der Waals surface area contributed by atoms with Gasteiger partial charge in [0.25, 0.3) is 0 Å². The molecule has 1 aromatic rings. The third-order valence-electron chi connectivity index (χ3n) is 1.68. The average Bonchev–Trinajstić information content (AvgIpc) is 2.04. The SMILES string of the molecule is C[C@H](O)[C@H](O)c1ccccc1F. The van der Waals surface area contributed by atoms with E-state index < -0.39 is 18.0 Å². The lowest BCUT2D eigenvalue weighted by Gasteiger charge is -2.13. The van der Waals surface area contributed by atoms with Gasteiger partial charge in [-0.2, -0.15) is 0 Å². The Morgan fingerprint density at radius 1 is 1.25 bits per heavy atom. The number of aliphatic hydroxyl groups excluding tert-OH is 2. The van der Waals surface area contributed by atoms with Crippen LogP contribution in [-0.4, -0.2) is 16.3 Å². The first kappa shape index (κ1) is 9.16. The van der Waals surface area contributed by atoms with E-state index in [2.05, 4.69) is 0 Å². The molecular formula is C9H11FO2. The van der Waals surface area contributed by atoms with Gasteiger partial charge in [-0.3, -0.25) is 0 Å². The summed E-state index contributed by atoms with van der Waals surface area (Å²) < 4.78 is 12.9. The monoisotopic (exact) mass is 170 g/mol. The fraction of sp³-hybridized carbons (Fsp3) is 0.333. The zero-order chi connectivity index (χ0) is 9.14. The summed E-state index contributed by atoms with van der Waals surface area (Å²) in [5.74, 6) is -0.495. The smallest absolute Gasteiger partial charge is 0.129 e. The molecule has 3 heteroatoms. The van der Waals surface area contributed by atoms with E-state index in [0.29, 0.717) is 0 Å². The van der Waals surface area contributed by atoms with Crippen LogP contribution in [0.25, 0.3) is 0 Å². The van der Waals surface area contributed by atoms with Crippen molar-refractivity contribution in [3.8, 4) is 0 Å². The number of hydrogen-bond donors (Lipinski definition) is 2.